The van der Waals surface area contributed by atoms with Crippen molar-refractivity contribution in [2.75, 3.05) is 7.11 Å². The number of aromatic hydroxyl groups is 1. The van der Waals surface area contributed by atoms with Crippen LogP contribution in [0.3, 0.4) is 0 Å². The third-order valence-electron chi connectivity index (χ3n) is 3.01. The van der Waals surface area contributed by atoms with Gasteiger partial charge < -0.3 is 9.84 Å². The number of ketones is 1. The Labute approximate surface area is 136 Å². The predicted octanol–water partition coefficient (Wildman–Crippen LogP) is 3.93. The van der Waals surface area contributed by atoms with Crippen LogP contribution in [-0.4, -0.2) is 18.0 Å². The number of methoxy groups -OCH3 is 1. The van der Waals surface area contributed by atoms with Crippen molar-refractivity contribution in [2.24, 2.45) is 0 Å². The molecule has 0 fully saturated rings. The van der Waals surface area contributed by atoms with Gasteiger partial charge in [-0.05, 0) is 54.1 Å². The number of nitriles is 1. The molecule has 2 aromatic rings. The van der Waals surface area contributed by atoms with E-state index in [-0.39, 0.29) is 11.5 Å². The van der Waals surface area contributed by atoms with Gasteiger partial charge in [0.15, 0.2) is 17.3 Å². The number of rotatable bonds is 4. The third kappa shape index (κ3) is 3.54. The van der Waals surface area contributed by atoms with Crippen LogP contribution in [0.2, 0.25) is 0 Å². The van der Waals surface area contributed by atoms with E-state index < -0.39 is 0 Å². The summed E-state index contributed by atoms with van der Waals surface area (Å²) in [5.41, 5.74) is 1.71. The van der Waals surface area contributed by atoms with E-state index in [1.807, 2.05) is 6.07 Å². The highest BCUT2D eigenvalue weighted by Crippen LogP contribution is 2.33. The van der Waals surface area contributed by atoms with Gasteiger partial charge in [0.1, 0.15) is 0 Å². The smallest absolute Gasteiger partial charge is 0.185 e. The van der Waals surface area contributed by atoms with Crippen LogP contribution in [0.15, 0.2) is 46.9 Å². The van der Waals surface area contributed by atoms with Gasteiger partial charge >= 0.3 is 0 Å². The topological polar surface area (TPSA) is 70.3 Å². The molecule has 110 valence electrons. The molecule has 0 aliphatic rings. The van der Waals surface area contributed by atoms with Crippen molar-refractivity contribution in [3.8, 4) is 17.6 Å². The van der Waals surface area contributed by atoms with E-state index >= 15 is 0 Å². The number of benzene rings is 2. The molecule has 0 aliphatic heterocycles. The Morgan fingerprint density at radius 3 is 2.59 bits per heavy atom. The highest BCUT2D eigenvalue weighted by Gasteiger charge is 2.07. The summed E-state index contributed by atoms with van der Waals surface area (Å²) in [6, 6.07) is 11.5. The van der Waals surface area contributed by atoms with Gasteiger partial charge in [0, 0.05) is 10.0 Å². The lowest BCUT2D eigenvalue weighted by Gasteiger charge is -2.06. The van der Waals surface area contributed by atoms with E-state index in [0.717, 1.165) is 0 Å². The quantitative estimate of drug-likeness (QED) is 0.664. The molecule has 0 aromatic heterocycles. The van der Waals surface area contributed by atoms with Gasteiger partial charge in [0.2, 0.25) is 0 Å². The molecule has 0 unspecified atom stereocenters. The molecule has 0 bridgehead atoms. The number of ether oxygens (including phenoxy) is 1. The van der Waals surface area contributed by atoms with Crippen LogP contribution < -0.4 is 4.74 Å². The fourth-order valence-electron chi connectivity index (χ4n) is 1.82. The van der Waals surface area contributed by atoms with E-state index in [4.69, 9.17) is 10.00 Å². The molecule has 22 heavy (non-hydrogen) atoms. The van der Waals surface area contributed by atoms with Crippen molar-refractivity contribution in [1.82, 2.24) is 0 Å². The summed E-state index contributed by atoms with van der Waals surface area (Å²) in [7, 11) is 1.46. The molecule has 2 rings (SSSR count). The maximum absolute atomic E-state index is 12.1. The first-order valence-corrected chi connectivity index (χ1v) is 7.13. The van der Waals surface area contributed by atoms with Crippen LogP contribution in [0.1, 0.15) is 21.5 Å². The summed E-state index contributed by atoms with van der Waals surface area (Å²) >= 11 is 3.32. The Hall–Kier alpha value is -2.58. The fourth-order valence-corrected chi connectivity index (χ4v) is 2.28. The molecule has 1 N–H and O–H groups in total. The Morgan fingerprint density at radius 2 is 2.00 bits per heavy atom. The number of carbonyl (C=O) groups excluding carboxylic acids is 1. The Kier molecular flexibility index (Phi) is 4.97. The number of carbonyl (C=O) groups is 1. The first kappa shape index (κ1) is 15.8. The second kappa shape index (κ2) is 6.92. The van der Waals surface area contributed by atoms with Gasteiger partial charge in [-0.2, -0.15) is 5.26 Å². The Bertz CT molecular complexity index is 774. The van der Waals surface area contributed by atoms with Crippen LogP contribution in [0.4, 0.5) is 0 Å². The number of halogens is 1. The number of phenolic OH excluding ortho intramolecular Hbond substituents is 1. The zero-order chi connectivity index (χ0) is 16.1. The molecule has 0 spiro atoms. The highest BCUT2D eigenvalue weighted by atomic mass is 79.9. The average Bonchev–Trinajstić information content (AvgIpc) is 2.54. The largest absolute Gasteiger partial charge is 0.504 e. The summed E-state index contributed by atoms with van der Waals surface area (Å²) in [6.45, 7) is 0. The Balaban J connectivity index is 2.24. The molecule has 2 aromatic carbocycles. The van der Waals surface area contributed by atoms with Crippen LogP contribution in [0, 0.1) is 11.3 Å². The van der Waals surface area contributed by atoms with Crippen molar-refractivity contribution in [1.29, 1.82) is 5.26 Å². The average molecular weight is 358 g/mol. The van der Waals surface area contributed by atoms with E-state index in [0.29, 0.717) is 26.9 Å². The summed E-state index contributed by atoms with van der Waals surface area (Å²) in [6.07, 6.45) is 3.06. The van der Waals surface area contributed by atoms with Crippen molar-refractivity contribution in [3.05, 3.63) is 63.6 Å². The molecule has 0 saturated heterocycles. The zero-order valence-electron chi connectivity index (χ0n) is 11.7. The minimum Gasteiger partial charge on any atom is -0.504 e. The van der Waals surface area contributed by atoms with E-state index in [9.17, 15) is 9.90 Å². The predicted molar refractivity (Wildman–Crippen MR) is 86.9 cm³/mol. The molecule has 5 heteroatoms. The second-order valence-electron chi connectivity index (χ2n) is 4.43. The molecular weight excluding hydrogens is 346 g/mol. The molecule has 0 saturated carbocycles. The molecule has 0 amide bonds. The molecule has 0 aliphatic carbocycles. The number of allylic oxidation sites excluding steroid dienone is 1. The lowest BCUT2D eigenvalue weighted by atomic mass is 10.1. The van der Waals surface area contributed by atoms with Gasteiger partial charge in [-0.25, -0.2) is 0 Å². The maximum atomic E-state index is 12.1. The minimum absolute atomic E-state index is 0.0185. The molecule has 0 heterocycles. The SMILES string of the molecule is COc1cc(/C=C/C(=O)c2ccc(C#N)cc2)c(Br)cc1O. The number of hydrogen-bond acceptors (Lipinski definition) is 4. The lowest BCUT2D eigenvalue weighted by Crippen LogP contribution is -1.94. The van der Waals surface area contributed by atoms with Gasteiger partial charge in [0.25, 0.3) is 0 Å². The molecule has 4 nitrogen and oxygen atoms in total. The first-order valence-electron chi connectivity index (χ1n) is 6.34. The number of hydrogen-bond donors (Lipinski definition) is 1. The van der Waals surface area contributed by atoms with Gasteiger partial charge in [0.05, 0.1) is 18.7 Å². The van der Waals surface area contributed by atoms with E-state index in [1.165, 1.54) is 19.3 Å². The van der Waals surface area contributed by atoms with Gasteiger partial charge in [-0.1, -0.05) is 15.9 Å². The van der Waals surface area contributed by atoms with Gasteiger partial charge in [-0.15, -0.1) is 0 Å². The van der Waals surface area contributed by atoms with Crippen molar-refractivity contribution in [2.45, 2.75) is 0 Å². The Morgan fingerprint density at radius 1 is 1.32 bits per heavy atom. The molecular formula is C17H12BrNO3. The normalized spacial score (nSPS) is 10.4. The van der Waals surface area contributed by atoms with Crippen LogP contribution in [0.5, 0.6) is 11.5 Å². The van der Waals surface area contributed by atoms with Crippen LogP contribution in [0.25, 0.3) is 6.08 Å². The van der Waals surface area contributed by atoms with Crippen molar-refractivity contribution < 1.29 is 14.6 Å². The number of nitrogens with zero attached hydrogens (tertiary/aromatic N) is 1. The third-order valence-corrected chi connectivity index (χ3v) is 3.70. The lowest BCUT2D eigenvalue weighted by molar-refractivity contribution is 0.104. The molecule has 0 radical (unpaired) electrons. The zero-order valence-corrected chi connectivity index (χ0v) is 13.3. The van der Waals surface area contributed by atoms with E-state index in [2.05, 4.69) is 15.9 Å². The highest BCUT2D eigenvalue weighted by molar-refractivity contribution is 9.10. The van der Waals surface area contributed by atoms with Crippen LogP contribution >= 0.6 is 15.9 Å². The minimum atomic E-state index is -0.177. The standard InChI is InChI=1S/C17H12BrNO3/c1-22-17-8-13(14(18)9-16(17)21)6-7-15(20)12-4-2-11(10-19)3-5-12/h2-9,21H,1H3/b7-6+. The maximum Gasteiger partial charge on any atom is 0.185 e. The number of phenols is 1. The van der Waals surface area contributed by atoms with E-state index in [1.54, 1.807) is 36.4 Å². The second-order valence-corrected chi connectivity index (χ2v) is 5.29. The monoisotopic (exact) mass is 357 g/mol. The van der Waals surface area contributed by atoms with Crippen LogP contribution in [-0.2, 0) is 0 Å². The molecule has 0 atom stereocenters. The summed E-state index contributed by atoms with van der Waals surface area (Å²) in [5, 5.41) is 18.4. The van der Waals surface area contributed by atoms with Crippen molar-refractivity contribution in [3.63, 3.8) is 0 Å². The van der Waals surface area contributed by atoms with Gasteiger partial charge in [-0.3, -0.25) is 4.79 Å². The summed E-state index contributed by atoms with van der Waals surface area (Å²) < 4.78 is 5.69. The van der Waals surface area contributed by atoms with Crippen molar-refractivity contribution >= 4 is 27.8 Å². The summed E-state index contributed by atoms with van der Waals surface area (Å²) in [4.78, 5) is 12.1. The first-order chi connectivity index (χ1) is 10.5. The fraction of sp³-hybridized carbons (Fsp3) is 0.0588. The summed E-state index contributed by atoms with van der Waals surface area (Å²) in [5.74, 6) is 0.169.